The lowest BCUT2D eigenvalue weighted by Crippen LogP contribution is -2.38. The van der Waals surface area contributed by atoms with Crippen LogP contribution in [-0.4, -0.2) is 36.2 Å². The molecule has 0 spiro atoms. The molecule has 5 heteroatoms. The van der Waals surface area contributed by atoms with E-state index >= 15 is 0 Å². The molecule has 0 aliphatic carbocycles. The zero-order valence-corrected chi connectivity index (χ0v) is 10.3. The Morgan fingerprint density at radius 1 is 1.53 bits per heavy atom. The summed E-state index contributed by atoms with van der Waals surface area (Å²) in [6.07, 6.45) is 3.96. The standard InChI is InChI=1S/C12H20N4O/c1-2-17-12-6-11(14-9-15-12)16-5-3-4-10(7-13)8-16/h6,9-10H,2-5,7-8,13H2,1H3/t10-/m1/s1. The average Bonchev–Trinajstić information content (AvgIpc) is 2.40. The molecule has 17 heavy (non-hydrogen) atoms. The van der Waals surface area contributed by atoms with Crippen molar-refractivity contribution < 1.29 is 4.74 Å². The predicted octanol–water partition coefficient (Wildman–Crippen LogP) is 1.05. The molecule has 2 heterocycles. The molecule has 0 bridgehead atoms. The number of hydrogen-bond donors (Lipinski definition) is 1. The number of piperidine rings is 1. The van der Waals surface area contributed by atoms with Gasteiger partial charge in [-0.05, 0) is 32.2 Å². The molecule has 2 N–H and O–H groups in total. The zero-order valence-electron chi connectivity index (χ0n) is 10.3. The summed E-state index contributed by atoms with van der Waals surface area (Å²) in [5.41, 5.74) is 5.74. The van der Waals surface area contributed by atoms with Gasteiger partial charge in [-0.25, -0.2) is 9.97 Å². The minimum absolute atomic E-state index is 0.578. The van der Waals surface area contributed by atoms with Gasteiger partial charge < -0.3 is 15.4 Å². The second-order valence-corrected chi connectivity index (χ2v) is 4.34. The summed E-state index contributed by atoms with van der Waals surface area (Å²) < 4.78 is 5.39. The highest BCUT2D eigenvalue weighted by atomic mass is 16.5. The summed E-state index contributed by atoms with van der Waals surface area (Å²) in [5.74, 6) is 2.17. The maximum absolute atomic E-state index is 5.74. The third-order valence-corrected chi connectivity index (χ3v) is 3.10. The SMILES string of the molecule is CCOc1cc(N2CCC[C@H](CN)C2)ncn1. The van der Waals surface area contributed by atoms with E-state index < -0.39 is 0 Å². The van der Waals surface area contributed by atoms with E-state index in [0.717, 1.165) is 25.5 Å². The maximum atomic E-state index is 5.74. The molecular formula is C12H20N4O. The molecule has 0 radical (unpaired) electrons. The highest BCUT2D eigenvalue weighted by Gasteiger charge is 2.20. The number of nitrogens with zero attached hydrogens (tertiary/aromatic N) is 3. The predicted molar refractivity (Wildman–Crippen MR) is 67.2 cm³/mol. The Hall–Kier alpha value is -1.36. The number of ether oxygens (including phenoxy) is 1. The van der Waals surface area contributed by atoms with Crippen molar-refractivity contribution in [1.29, 1.82) is 0 Å². The molecule has 1 aliphatic heterocycles. The molecule has 0 saturated carbocycles. The quantitative estimate of drug-likeness (QED) is 0.846. The van der Waals surface area contributed by atoms with Crippen molar-refractivity contribution in [3.63, 3.8) is 0 Å². The van der Waals surface area contributed by atoms with E-state index in [1.807, 2.05) is 13.0 Å². The van der Waals surface area contributed by atoms with Crippen LogP contribution in [0.5, 0.6) is 5.88 Å². The van der Waals surface area contributed by atoms with Gasteiger partial charge in [0.25, 0.3) is 0 Å². The Morgan fingerprint density at radius 2 is 2.41 bits per heavy atom. The first-order valence-electron chi connectivity index (χ1n) is 6.23. The molecule has 0 unspecified atom stereocenters. The van der Waals surface area contributed by atoms with Crippen LogP contribution in [0.1, 0.15) is 19.8 Å². The number of aromatic nitrogens is 2. The van der Waals surface area contributed by atoms with Crippen molar-refractivity contribution in [3.8, 4) is 5.88 Å². The topological polar surface area (TPSA) is 64.3 Å². The molecule has 1 aromatic rings. The van der Waals surface area contributed by atoms with Gasteiger partial charge in [-0.15, -0.1) is 0 Å². The van der Waals surface area contributed by atoms with Crippen LogP contribution in [0.15, 0.2) is 12.4 Å². The lowest BCUT2D eigenvalue weighted by atomic mass is 9.98. The fraction of sp³-hybridized carbons (Fsp3) is 0.667. The Bertz CT molecular complexity index is 358. The molecule has 1 atom stereocenters. The molecule has 1 fully saturated rings. The van der Waals surface area contributed by atoms with Gasteiger partial charge in [-0.1, -0.05) is 0 Å². The summed E-state index contributed by atoms with van der Waals surface area (Å²) >= 11 is 0. The van der Waals surface area contributed by atoms with Crippen LogP contribution >= 0.6 is 0 Å². The van der Waals surface area contributed by atoms with Crippen molar-refractivity contribution >= 4 is 5.82 Å². The Balaban J connectivity index is 2.07. The number of anilines is 1. The van der Waals surface area contributed by atoms with Gasteiger partial charge in [0.15, 0.2) is 0 Å². The van der Waals surface area contributed by atoms with Gasteiger partial charge in [0.05, 0.1) is 6.61 Å². The molecule has 1 saturated heterocycles. The Kier molecular flexibility index (Phi) is 4.14. The van der Waals surface area contributed by atoms with Crippen LogP contribution < -0.4 is 15.4 Å². The van der Waals surface area contributed by atoms with E-state index in [9.17, 15) is 0 Å². The lowest BCUT2D eigenvalue weighted by molar-refractivity contribution is 0.326. The smallest absolute Gasteiger partial charge is 0.218 e. The van der Waals surface area contributed by atoms with Crippen molar-refractivity contribution in [1.82, 2.24) is 9.97 Å². The highest BCUT2D eigenvalue weighted by Crippen LogP contribution is 2.22. The minimum atomic E-state index is 0.578. The largest absolute Gasteiger partial charge is 0.478 e. The van der Waals surface area contributed by atoms with Gasteiger partial charge in [-0.3, -0.25) is 0 Å². The van der Waals surface area contributed by atoms with E-state index in [1.54, 1.807) is 6.33 Å². The second-order valence-electron chi connectivity index (χ2n) is 4.34. The summed E-state index contributed by atoms with van der Waals surface area (Å²) in [5, 5.41) is 0. The van der Waals surface area contributed by atoms with Crippen LogP contribution in [0.25, 0.3) is 0 Å². The molecule has 0 amide bonds. The molecule has 1 aliphatic rings. The second kappa shape index (κ2) is 5.82. The van der Waals surface area contributed by atoms with Crippen LogP contribution in [0.4, 0.5) is 5.82 Å². The fourth-order valence-corrected chi connectivity index (χ4v) is 2.20. The van der Waals surface area contributed by atoms with E-state index in [4.69, 9.17) is 10.5 Å². The number of nitrogens with two attached hydrogens (primary N) is 1. The first kappa shape index (κ1) is 12.1. The fourth-order valence-electron chi connectivity index (χ4n) is 2.20. The first-order valence-corrected chi connectivity index (χ1v) is 6.23. The minimum Gasteiger partial charge on any atom is -0.478 e. The summed E-state index contributed by atoms with van der Waals surface area (Å²) in [4.78, 5) is 10.7. The molecule has 2 rings (SSSR count). The molecule has 94 valence electrons. The van der Waals surface area contributed by atoms with Gasteiger partial charge in [0.2, 0.25) is 5.88 Å². The van der Waals surface area contributed by atoms with Crippen molar-refractivity contribution in [2.75, 3.05) is 31.1 Å². The van der Waals surface area contributed by atoms with Gasteiger partial charge >= 0.3 is 0 Å². The first-order chi connectivity index (χ1) is 8.33. The molecule has 0 aromatic carbocycles. The van der Waals surface area contributed by atoms with Crippen molar-refractivity contribution in [3.05, 3.63) is 12.4 Å². The molecule has 1 aromatic heterocycles. The van der Waals surface area contributed by atoms with Crippen LogP contribution in [0.2, 0.25) is 0 Å². The summed E-state index contributed by atoms with van der Waals surface area (Å²) in [7, 11) is 0. The van der Waals surface area contributed by atoms with E-state index in [-0.39, 0.29) is 0 Å². The third kappa shape index (κ3) is 3.06. The monoisotopic (exact) mass is 236 g/mol. The zero-order chi connectivity index (χ0) is 12.1. The van der Waals surface area contributed by atoms with Crippen molar-refractivity contribution in [2.24, 2.45) is 11.7 Å². The van der Waals surface area contributed by atoms with Gasteiger partial charge in [0, 0.05) is 19.2 Å². The Morgan fingerprint density at radius 3 is 3.18 bits per heavy atom. The lowest BCUT2D eigenvalue weighted by Gasteiger charge is -2.32. The van der Waals surface area contributed by atoms with E-state index in [0.29, 0.717) is 18.4 Å². The van der Waals surface area contributed by atoms with Crippen LogP contribution in [0, 0.1) is 5.92 Å². The van der Waals surface area contributed by atoms with E-state index in [2.05, 4.69) is 14.9 Å². The highest BCUT2D eigenvalue weighted by molar-refractivity contribution is 5.41. The number of hydrogen-bond acceptors (Lipinski definition) is 5. The molecular weight excluding hydrogens is 216 g/mol. The molecule has 5 nitrogen and oxygen atoms in total. The van der Waals surface area contributed by atoms with Crippen molar-refractivity contribution in [2.45, 2.75) is 19.8 Å². The third-order valence-electron chi connectivity index (χ3n) is 3.10. The maximum Gasteiger partial charge on any atom is 0.218 e. The van der Waals surface area contributed by atoms with Gasteiger partial charge in [0.1, 0.15) is 12.1 Å². The van der Waals surface area contributed by atoms with Crippen LogP contribution in [-0.2, 0) is 0 Å². The normalized spacial score (nSPS) is 20.4. The van der Waals surface area contributed by atoms with E-state index in [1.165, 1.54) is 12.8 Å². The van der Waals surface area contributed by atoms with Crippen LogP contribution in [0.3, 0.4) is 0 Å². The summed E-state index contributed by atoms with van der Waals surface area (Å²) in [6, 6.07) is 1.91. The van der Waals surface area contributed by atoms with Gasteiger partial charge in [-0.2, -0.15) is 0 Å². The number of rotatable bonds is 4. The Labute approximate surface area is 102 Å². The average molecular weight is 236 g/mol. The summed E-state index contributed by atoms with van der Waals surface area (Å²) in [6.45, 7) is 5.35.